The van der Waals surface area contributed by atoms with Gasteiger partial charge in [0.1, 0.15) is 17.2 Å². The number of aromatic nitrogens is 3. The normalized spacial score (nSPS) is 18.0. The zero-order valence-electron chi connectivity index (χ0n) is 13.4. The van der Waals surface area contributed by atoms with Gasteiger partial charge < -0.3 is 9.32 Å². The van der Waals surface area contributed by atoms with Gasteiger partial charge in [-0.2, -0.15) is 4.98 Å². The third-order valence-electron chi connectivity index (χ3n) is 4.41. The molecule has 0 bridgehead atoms. The van der Waals surface area contributed by atoms with Crippen LogP contribution in [-0.4, -0.2) is 46.0 Å². The number of fused-ring (bicyclic) bond motifs is 1. The lowest BCUT2D eigenvalue weighted by molar-refractivity contribution is 0.244. The minimum Gasteiger partial charge on any atom is -0.423 e. The maximum absolute atomic E-state index is 13.3. The molecule has 0 saturated carbocycles. The van der Waals surface area contributed by atoms with Crippen molar-refractivity contribution >= 4 is 17.1 Å². The van der Waals surface area contributed by atoms with Gasteiger partial charge in [-0.3, -0.25) is 4.90 Å². The average molecular weight is 327 g/mol. The number of halogens is 1. The van der Waals surface area contributed by atoms with Crippen LogP contribution in [0.5, 0.6) is 0 Å². The van der Waals surface area contributed by atoms with E-state index in [4.69, 9.17) is 4.42 Å². The molecule has 1 aromatic carbocycles. The summed E-state index contributed by atoms with van der Waals surface area (Å²) in [6, 6.07) is 7.15. The molecule has 124 valence electrons. The molecule has 24 heavy (non-hydrogen) atoms. The van der Waals surface area contributed by atoms with Crippen molar-refractivity contribution in [2.24, 2.45) is 0 Å². The summed E-state index contributed by atoms with van der Waals surface area (Å²) in [4.78, 5) is 17.3. The molecule has 1 saturated heterocycles. The maximum atomic E-state index is 13.3. The number of hydrogen-bond acceptors (Lipinski definition) is 6. The van der Waals surface area contributed by atoms with E-state index in [-0.39, 0.29) is 5.82 Å². The first-order valence-electron chi connectivity index (χ1n) is 7.96. The highest BCUT2D eigenvalue weighted by atomic mass is 19.1. The molecule has 0 aliphatic carbocycles. The zero-order chi connectivity index (χ0) is 16.5. The van der Waals surface area contributed by atoms with Crippen molar-refractivity contribution in [3.63, 3.8) is 0 Å². The van der Waals surface area contributed by atoms with Crippen LogP contribution in [0.25, 0.3) is 11.1 Å². The molecule has 1 aliphatic heterocycles. The molecule has 0 amide bonds. The van der Waals surface area contributed by atoms with Crippen LogP contribution in [0.4, 0.5) is 10.4 Å². The summed E-state index contributed by atoms with van der Waals surface area (Å²) in [6.07, 6.45) is 4.53. The highest BCUT2D eigenvalue weighted by Gasteiger charge is 2.29. The maximum Gasteiger partial charge on any atom is 0.298 e. The molecular weight excluding hydrogens is 309 g/mol. The highest BCUT2D eigenvalue weighted by Crippen LogP contribution is 2.26. The third kappa shape index (κ3) is 2.94. The molecule has 3 aromatic rings. The molecule has 3 heterocycles. The first-order chi connectivity index (χ1) is 11.7. The molecular formula is C17H18FN5O. The van der Waals surface area contributed by atoms with Crippen LogP contribution in [-0.2, 0) is 6.54 Å². The number of hydrogen-bond donors (Lipinski definition) is 0. The van der Waals surface area contributed by atoms with Crippen LogP contribution in [0.3, 0.4) is 0 Å². The average Bonchev–Trinajstić information content (AvgIpc) is 3.22. The molecule has 0 unspecified atom stereocenters. The van der Waals surface area contributed by atoms with Crippen molar-refractivity contribution in [1.82, 2.24) is 19.9 Å². The third-order valence-corrected chi connectivity index (χ3v) is 4.41. The van der Waals surface area contributed by atoms with Crippen LogP contribution in [0.15, 0.2) is 41.1 Å². The summed E-state index contributed by atoms with van der Waals surface area (Å²) < 4.78 is 19.0. The number of nitrogens with zero attached hydrogens (tertiary/aromatic N) is 5. The van der Waals surface area contributed by atoms with Gasteiger partial charge in [-0.05, 0) is 31.7 Å². The summed E-state index contributed by atoms with van der Waals surface area (Å²) >= 11 is 0. The van der Waals surface area contributed by atoms with Crippen LogP contribution in [0, 0.1) is 5.82 Å². The van der Waals surface area contributed by atoms with Crippen LogP contribution in [0.2, 0.25) is 0 Å². The topological polar surface area (TPSA) is 58.3 Å². The van der Waals surface area contributed by atoms with Gasteiger partial charge in [-0.1, -0.05) is 0 Å². The van der Waals surface area contributed by atoms with Gasteiger partial charge in [0.05, 0.1) is 6.54 Å². The summed E-state index contributed by atoms with van der Waals surface area (Å²) in [6.45, 7) is 2.39. The smallest absolute Gasteiger partial charge is 0.298 e. The van der Waals surface area contributed by atoms with Crippen LogP contribution in [0.1, 0.15) is 12.2 Å². The Hall–Kier alpha value is -2.54. The van der Waals surface area contributed by atoms with Gasteiger partial charge in [0.25, 0.3) is 6.01 Å². The van der Waals surface area contributed by atoms with Crippen molar-refractivity contribution in [3.05, 3.63) is 48.3 Å². The van der Waals surface area contributed by atoms with Gasteiger partial charge in [-0.25, -0.2) is 14.4 Å². The lowest BCUT2D eigenvalue weighted by atomic mass is 10.2. The molecule has 0 radical (unpaired) electrons. The van der Waals surface area contributed by atoms with Crippen LogP contribution >= 0.6 is 0 Å². The first-order valence-corrected chi connectivity index (χ1v) is 7.96. The van der Waals surface area contributed by atoms with E-state index >= 15 is 0 Å². The van der Waals surface area contributed by atoms with Crippen molar-refractivity contribution in [2.45, 2.75) is 19.0 Å². The Morgan fingerprint density at radius 1 is 1.33 bits per heavy atom. The Morgan fingerprint density at radius 3 is 3.00 bits per heavy atom. The van der Waals surface area contributed by atoms with Crippen molar-refractivity contribution < 1.29 is 8.81 Å². The zero-order valence-corrected chi connectivity index (χ0v) is 13.4. The van der Waals surface area contributed by atoms with Crippen LogP contribution < -0.4 is 4.90 Å². The second-order valence-electron chi connectivity index (χ2n) is 6.08. The summed E-state index contributed by atoms with van der Waals surface area (Å²) in [5.41, 5.74) is 1.17. The predicted octanol–water partition coefficient (Wildman–Crippen LogP) is 2.47. The van der Waals surface area contributed by atoms with E-state index in [2.05, 4.69) is 31.8 Å². The molecule has 0 N–H and O–H groups in total. The van der Waals surface area contributed by atoms with Crippen molar-refractivity contribution in [3.8, 4) is 0 Å². The monoisotopic (exact) mass is 327 g/mol. The SMILES string of the molecule is CN(Cc1ncccn1)[C@H]1CCN(c2nc3cc(F)ccc3o2)C1. The van der Waals surface area contributed by atoms with E-state index in [0.29, 0.717) is 29.7 Å². The van der Waals surface area contributed by atoms with Gasteiger partial charge in [0.2, 0.25) is 0 Å². The fourth-order valence-corrected chi connectivity index (χ4v) is 3.06. The molecule has 4 rings (SSSR count). The second kappa shape index (κ2) is 6.16. The molecule has 1 atom stereocenters. The second-order valence-corrected chi connectivity index (χ2v) is 6.08. The van der Waals surface area contributed by atoms with E-state index in [1.165, 1.54) is 12.1 Å². The Morgan fingerprint density at radius 2 is 2.17 bits per heavy atom. The van der Waals surface area contributed by atoms with E-state index in [0.717, 1.165) is 25.3 Å². The molecule has 1 fully saturated rings. The number of oxazole rings is 1. The lowest BCUT2D eigenvalue weighted by Crippen LogP contribution is -2.34. The number of anilines is 1. The fourth-order valence-electron chi connectivity index (χ4n) is 3.06. The Labute approximate surface area is 138 Å². The largest absolute Gasteiger partial charge is 0.423 e. The first kappa shape index (κ1) is 15.0. The highest BCUT2D eigenvalue weighted by molar-refractivity contribution is 5.74. The van der Waals surface area contributed by atoms with Gasteiger partial charge in [-0.15, -0.1) is 0 Å². The van der Waals surface area contributed by atoms with Gasteiger partial charge in [0.15, 0.2) is 5.58 Å². The quantitative estimate of drug-likeness (QED) is 0.734. The molecule has 1 aliphatic rings. The van der Waals surface area contributed by atoms with Crippen molar-refractivity contribution in [2.75, 3.05) is 25.0 Å². The minimum absolute atomic E-state index is 0.302. The number of rotatable bonds is 4. The Balaban J connectivity index is 1.45. The van der Waals surface area contributed by atoms with Crippen molar-refractivity contribution in [1.29, 1.82) is 0 Å². The summed E-state index contributed by atoms with van der Waals surface area (Å²) in [5.74, 6) is 0.514. The van der Waals surface area contributed by atoms with Gasteiger partial charge >= 0.3 is 0 Å². The van der Waals surface area contributed by atoms with E-state index in [1.54, 1.807) is 18.5 Å². The Bertz CT molecular complexity index is 837. The molecule has 6 nitrogen and oxygen atoms in total. The number of benzene rings is 1. The molecule has 0 spiro atoms. The molecule has 2 aromatic heterocycles. The lowest BCUT2D eigenvalue weighted by Gasteiger charge is -2.23. The predicted molar refractivity (Wildman–Crippen MR) is 88.1 cm³/mol. The van der Waals surface area contributed by atoms with E-state index < -0.39 is 0 Å². The Kier molecular flexibility index (Phi) is 3.86. The van der Waals surface area contributed by atoms with E-state index in [9.17, 15) is 4.39 Å². The summed E-state index contributed by atoms with van der Waals surface area (Å²) in [7, 11) is 2.08. The standard InChI is InChI=1S/C17H18FN5O/c1-22(11-16-19-6-2-7-20-16)13-5-8-23(10-13)17-21-14-9-12(18)3-4-15(14)24-17/h2-4,6-7,9,13H,5,8,10-11H2,1H3/t13-/m0/s1. The fraction of sp³-hybridized carbons (Fsp3) is 0.353. The van der Waals surface area contributed by atoms with Gasteiger partial charge in [0, 0.05) is 37.6 Å². The summed E-state index contributed by atoms with van der Waals surface area (Å²) in [5, 5.41) is 0. The van der Waals surface area contributed by atoms with E-state index in [1.807, 2.05) is 6.07 Å². The number of likely N-dealkylation sites (N-methyl/N-ethyl adjacent to an activating group) is 1. The minimum atomic E-state index is -0.302. The molecule has 7 heteroatoms.